The molecule has 1 aromatic carbocycles. The topological polar surface area (TPSA) is 75.4 Å². The summed E-state index contributed by atoms with van der Waals surface area (Å²) in [4.78, 5) is 24.7. The zero-order valence-corrected chi connectivity index (χ0v) is 13.6. The molecule has 2 aliphatic rings. The van der Waals surface area contributed by atoms with Crippen molar-refractivity contribution in [2.75, 3.05) is 18.9 Å². The molecular formula is C18H25N3O2. The van der Waals surface area contributed by atoms with E-state index in [0.29, 0.717) is 11.6 Å². The molecule has 0 spiro atoms. The van der Waals surface area contributed by atoms with Crippen LogP contribution in [0.15, 0.2) is 24.3 Å². The number of likely N-dealkylation sites (N-methyl/N-ethyl adjacent to an activating group) is 1. The zero-order valence-electron chi connectivity index (χ0n) is 13.6. The lowest BCUT2D eigenvalue weighted by Gasteiger charge is -2.22. The van der Waals surface area contributed by atoms with Gasteiger partial charge in [-0.1, -0.05) is 18.9 Å². The number of carbonyl (C=O) groups excluding carboxylic acids is 2. The van der Waals surface area contributed by atoms with Crippen LogP contribution in [-0.4, -0.2) is 36.3 Å². The molecule has 23 heavy (non-hydrogen) atoms. The lowest BCUT2D eigenvalue weighted by Crippen LogP contribution is -2.35. The number of carbonyl (C=O) groups is 2. The number of fused-ring (bicyclic) bond motifs is 1. The van der Waals surface area contributed by atoms with Gasteiger partial charge in [0.2, 0.25) is 5.91 Å². The minimum absolute atomic E-state index is 0.0666. The number of hydrogen-bond acceptors (Lipinski definition) is 3. The predicted octanol–water partition coefficient (Wildman–Crippen LogP) is 2.23. The number of anilines is 1. The molecule has 0 bridgehead atoms. The van der Waals surface area contributed by atoms with Gasteiger partial charge in [-0.3, -0.25) is 9.59 Å². The molecule has 124 valence electrons. The second-order valence-corrected chi connectivity index (χ2v) is 6.89. The molecule has 2 amide bonds. The Kier molecular flexibility index (Phi) is 4.55. The Labute approximate surface area is 137 Å². The van der Waals surface area contributed by atoms with Crippen LogP contribution in [0.25, 0.3) is 0 Å². The molecule has 0 saturated heterocycles. The number of nitrogens with one attached hydrogen (secondary N) is 1. The third-order valence-electron chi connectivity index (χ3n) is 5.28. The van der Waals surface area contributed by atoms with Crippen LogP contribution in [-0.2, 0) is 4.79 Å². The van der Waals surface area contributed by atoms with Gasteiger partial charge < -0.3 is 16.0 Å². The van der Waals surface area contributed by atoms with Gasteiger partial charge in [0.15, 0.2) is 0 Å². The number of hydrogen-bond donors (Lipinski definition) is 2. The van der Waals surface area contributed by atoms with E-state index in [1.807, 2.05) is 18.2 Å². The number of primary amides is 1. The fourth-order valence-electron chi connectivity index (χ4n) is 4.22. The molecule has 2 fully saturated rings. The summed E-state index contributed by atoms with van der Waals surface area (Å²) >= 11 is 0. The molecule has 3 N–H and O–H groups in total. The maximum atomic E-state index is 12.3. The highest BCUT2D eigenvalue weighted by atomic mass is 16.2. The molecule has 0 heterocycles. The Bertz CT molecular complexity index is 602. The number of benzene rings is 1. The van der Waals surface area contributed by atoms with E-state index >= 15 is 0 Å². The maximum absolute atomic E-state index is 12.3. The molecule has 5 nitrogen and oxygen atoms in total. The highest BCUT2D eigenvalue weighted by Gasteiger charge is 2.38. The highest BCUT2D eigenvalue weighted by molar-refractivity contribution is 5.96. The summed E-state index contributed by atoms with van der Waals surface area (Å²) in [6, 6.07) is 8.07. The van der Waals surface area contributed by atoms with E-state index < -0.39 is 5.91 Å². The number of amides is 2. The average molecular weight is 315 g/mol. The molecule has 0 aliphatic heterocycles. The van der Waals surface area contributed by atoms with Crippen molar-refractivity contribution in [3.05, 3.63) is 29.8 Å². The Balaban J connectivity index is 1.67. The summed E-state index contributed by atoms with van der Waals surface area (Å²) < 4.78 is 0. The van der Waals surface area contributed by atoms with E-state index in [9.17, 15) is 9.59 Å². The van der Waals surface area contributed by atoms with Crippen LogP contribution in [0.4, 0.5) is 5.69 Å². The first kappa shape index (κ1) is 15.8. The van der Waals surface area contributed by atoms with Crippen molar-refractivity contribution in [3.8, 4) is 0 Å². The van der Waals surface area contributed by atoms with Crippen LogP contribution in [0.2, 0.25) is 0 Å². The Morgan fingerprint density at radius 1 is 1.26 bits per heavy atom. The first-order valence-corrected chi connectivity index (χ1v) is 8.45. The van der Waals surface area contributed by atoms with Crippen LogP contribution in [0.5, 0.6) is 0 Å². The van der Waals surface area contributed by atoms with Crippen LogP contribution >= 0.6 is 0 Å². The van der Waals surface area contributed by atoms with Gasteiger partial charge >= 0.3 is 0 Å². The van der Waals surface area contributed by atoms with Gasteiger partial charge in [-0.2, -0.15) is 0 Å². The first-order valence-electron chi connectivity index (χ1n) is 8.45. The van der Waals surface area contributed by atoms with Crippen LogP contribution in [0.1, 0.15) is 42.5 Å². The Morgan fingerprint density at radius 3 is 2.87 bits per heavy atom. The van der Waals surface area contributed by atoms with E-state index in [1.165, 1.54) is 37.0 Å². The van der Waals surface area contributed by atoms with Crippen molar-refractivity contribution in [1.29, 1.82) is 0 Å². The van der Waals surface area contributed by atoms with Crippen molar-refractivity contribution in [2.45, 2.75) is 38.1 Å². The van der Waals surface area contributed by atoms with Gasteiger partial charge in [0, 0.05) is 24.3 Å². The van der Waals surface area contributed by atoms with Gasteiger partial charge in [-0.15, -0.1) is 0 Å². The number of nitrogens with zero attached hydrogens (tertiary/aromatic N) is 1. The molecule has 0 aromatic heterocycles. The first-order chi connectivity index (χ1) is 11.0. The fraction of sp³-hybridized carbons (Fsp3) is 0.556. The van der Waals surface area contributed by atoms with E-state index in [-0.39, 0.29) is 12.5 Å². The molecule has 0 radical (unpaired) electrons. The Hall–Kier alpha value is -2.04. The second-order valence-electron chi connectivity index (χ2n) is 6.89. The molecule has 1 aromatic rings. The molecule has 3 rings (SSSR count). The summed E-state index contributed by atoms with van der Waals surface area (Å²) in [6.45, 7) is -0.0666. The lowest BCUT2D eigenvalue weighted by molar-refractivity contribution is -0.118. The zero-order chi connectivity index (χ0) is 16.4. The standard InChI is InChI=1S/C18H25N3O2/c1-21(11-17(19)22)18(23)13-5-2-6-14(10-13)20-16-9-8-12-4-3-7-15(12)16/h2,5-6,10,12,15-16,20H,3-4,7-9,11H2,1H3,(H2,19,22)/t12-,15-,16?/m0/s1. The molecule has 3 atom stereocenters. The third kappa shape index (κ3) is 3.49. The quantitative estimate of drug-likeness (QED) is 0.875. The summed E-state index contributed by atoms with van der Waals surface area (Å²) in [5.41, 5.74) is 6.72. The number of rotatable bonds is 5. The SMILES string of the molecule is CN(CC(N)=O)C(=O)c1cccc(NC2CC[C@@H]3CCC[C@H]23)c1. The van der Waals surface area contributed by atoms with Gasteiger partial charge in [-0.25, -0.2) is 0 Å². The van der Waals surface area contributed by atoms with Crippen molar-refractivity contribution in [1.82, 2.24) is 4.90 Å². The van der Waals surface area contributed by atoms with E-state index in [1.54, 1.807) is 13.1 Å². The Morgan fingerprint density at radius 2 is 2.09 bits per heavy atom. The van der Waals surface area contributed by atoms with E-state index in [4.69, 9.17) is 5.73 Å². The normalized spacial score (nSPS) is 25.9. The summed E-state index contributed by atoms with van der Waals surface area (Å²) in [5, 5.41) is 3.62. The van der Waals surface area contributed by atoms with E-state index in [2.05, 4.69) is 5.32 Å². The van der Waals surface area contributed by atoms with Crippen LogP contribution < -0.4 is 11.1 Å². The predicted molar refractivity (Wildman–Crippen MR) is 90.1 cm³/mol. The van der Waals surface area contributed by atoms with Crippen LogP contribution in [0.3, 0.4) is 0 Å². The molecule has 2 saturated carbocycles. The second kappa shape index (κ2) is 6.60. The summed E-state index contributed by atoms with van der Waals surface area (Å²) in [5.74, 6) is 0.983. The molecular weight excluding hydrogens is 290 g/mol. The summed E-state index contributed by atoms with van der Waals surface area (Å²) in [6.07, 6.45) is 6.59. The van der Waals surface area contributed by atoms with Gasteiger partial charge in [0.25, 0.3) is 5.91 Å². The molecule has 2 aliphatic carbocycles. The van der Waals surface area contributed by atoms with Gasteiger partial charge in [0.1, 0.15) is 0 Å². The van der Waals surface area contributed by atoms with Crippen molar-refractivity contribution < 1.29 is 9.59 Å². The lowest BCUT2D eigenvalue weighted by atomic mass is 9.97. The maximum Gasteiger partial charge on any atom is 0.254 e. The molecule has 5 heteroatoms. The van der Waals surface area contributed by atoms with Gasteiger partial charge in [-0.05, 0) is 49.3 Å². The van der Waals surface area contributed by atoms with Crippen molar-refractivity contribution in [2.24, 2.45) is 17.6 Å². The smallest absolute Gasteiger partial charge is 0.254 e. The van der Waals surface area contributed by atoms with Gasteiger partial charge in [0.05, 0.1) is 6.54 Å². The average Bonchev–Trinajstić information content (AvgIpc) is 3.11. The van der Waals surface area contributed by atoms with Crippen LogP contribution in [0, 0.1) is 11.8 Å². The largest absolute Gasteiger partial charge is 0.382 e. The monoisotopic (exact) mass is 315 g/mol. The molecule has 1 unspecified atom stereocenters. The van der Waals surface area contributed by atoms with Crippen molar-refractivity contribution in [3.63, 3.8) is 0 Å². The van der Waals surface area contributed by atoms with E-state index in [0.717, 1.165) is 17.5 Å². The fourth-order valence-corrected chi connectivity index (χ4v) is 4.22. The highest BCUT2D eigenvalue weighted by Crippen LogP contribution is 2.45. The minimum Gasteiger partial charge on any atom is -0.382 e. The minimum atomic E-state index is -0.506. The summed E-state index contributed by atoms with van der Waals surface area (Å²) in [7, 11) is 1.59. The number of nitrogens with two attached hydrogens (primary N) is 1. The third-order valence-corrected chi connectivity index (χ3v) is 5.28. The van der Waals surface area contributed by atoms with Crippen molar-refractivity contribution >= 4 is 17.5 Å².